The van der Waals surface area contributed by atoms with Crippen LogP contribution in [-0.4, -0.2) is 53.4 Å². The molecule has 0 N–H and O–H groups in total. The van der Waals surface area contributed by atoms with E-state index < -0.39 is 12.2 Å². The third-order valence-corrected chi connectivity index (χ3v) is 3.98. The number of aryl methyl sites for hydroxylation is 1. The average Bonchev–Trinajstić information content (AvgIpc) is 3.07. The predicted molar refractivity (Wildman–Crippen MR) is 80.7 cm³/mol. The van der Waals surface area contributed by atoms with Crippen LogP contribution in [0.25, 0.3) is 0 Å². The average molecular weight is 331 g/mol. The maximum Gasteiger partial charge on any atom is 0.267 e. The normalized spacial score (nSPS) is 23.1. The second-order valence-electron chi connectivity index (χ2n) is 5.67. The van der Waals surface area contributed by atoms with E-state index in [1.165, 1.54) is 0 Å². The number of hydrogen-bond donors (Lipinski definition) is 0. The lowest BCUT2D eigenvalue weighted by Gasteiger charge is -2.35. The number of fused-ring (bicyclic) bond motifs is 1. The summed E-state index contributed by atoms with van der Waals surface area (Å²) in [5.74, 6) is 1.96. The van der Waals surface area contributed by atoms with E-state index in [2.05, 4.69) is 10.2 Å². The van der Waals surface area contributed by atoms with Crippen molar-refractivity contribution in [2.75, 3.05) is 26.3 Å². The number of amides is 1. The molecular formula is C16H17N3O5. The van der Waals surface area contributed by atoms with Gasteiger partial charge >= 0.3 is 0 Å². The molecule has 1 aromatic heterocycles. The van der Waals surface area contributed by atoms with Crippen LogP contribution in [0.3, 0.4) is 0 Å². The van der Waals surface area contributed by atoms with Gasteiger partial charge in [-0.25, -0.2) is 0 Å². The molecule has 126 valence electrons. The maximum atomic E-state index is 12.7. The standard InChI is InChI=1S/C16H17N3O5/c1-10-17-18-15(23-10)13-8-19(6-7-21-13)16(20)14-9-22-11-4-2-3-5-12(11)24-14/h2-5,13-14H,6-9H2,1H3/t13-,14+/m1/s1. The molecule has 24 heavy (non-hydrogen) atoms. The van der Waals surface area contributed by atoms with Crippen molar-refractivity contribution in [1.29, 1.82) is 0 Å². The molecular weight excluding hydrogens is 314 g/mol. The molecule has 0 radical (unpaired) electrons. The molecule has 1 fully saturated rings. The Morgan fingerprint density at radius 2 is 2.08 bits per heavy atom. The second kappa shape index (κ2) is 6.12. The van der Waals surface area contributed by atoms with Crippen molar-refractivity contribution in [3.63, 3.8) is 0 Å². The lowest BCUT2D eigenvalue weighted by Crippen LogP contribution is -2.50. The second-order valence-corrected chi connectivity index (χ2v) is 5.67. The first-order chi connectivity index (χ1) is 11.7. The van der Waals surface area contributed by atoms with Gasteiger partial charge in [-0.05, 0) is 12.1 Å². The van der Waals surface area contributed by atoms with Gasteiger partial charge in [-0.15, -0.1) is 10.2 Å². The van der Waals surface area contributed by atoms with Crippen molar-refractivity contribution >= 4 is 5.91 Å². The Morgan fingerprint density at radius 3 is 2.88 bits per heavy atom. The third-order valence-electron chi connectivity index (χ3n) is 3.98. The number of ether oxygens (including phenoxy) is 3. The first-order valence-corrected chi connectivity index (χ1v) is 7.79. The van der Waals surface area contributed by atoms with Crippen LogP contribution in [0.15, 0.2) is 28.7 Å². The number of aromatic nitrogens is 2. The van der Waals surface area contributed by atoms with E-state index in [-0.39, 0.29) is 12.5 Å². The van der Waals surface area contributed by atoms with E-state index in [0.29, 0.717) is 43.0 Å². The molecule has 0 aliphatic carbocycles. The summed E-state index contributed by atoms with van der Waals surface area (Å²) in [4.78, 5) is 14.4. The summed E-state index contributed by atoms with van der Waals surface area (Å²) in [6, 6.07) is 7.32. The number of rotatable bonds is 2. The number of nitrogens with zero attached hydrogens (tertiary/aromatic N) is 3. The largest absolute Gasteiger partial charge is 0.485 e. The summed E-state index contributed by atoms with van der Waals surface area (Å²) in [5, 5.41) is 7.77. The highest BCUT2D eigenvalue weighted by Crippen LogP contribution is 2.31. The molecule has 0 saturated carbocycles. The molecule has 0 bridgehead atoms. The summed E-state index contributed by atoms with van der Waals surface area (Å²) < 4.78 is 22.4. The molecule has 2 aromatic rings. The summed E-state index contributed by atoms with van der Waals surface area (Å²) in [5.41, 5.74) is 0. The first-order valence-electron chi connectivity index (χ1n) is 7.79. The number of benzene rings is 1. The molecule has 2 aliphatic heterocycles. The van der Waals surface area contributed by atoms with Crippen molar-refractivity contribution in [1.82, 2.24) is 15.1 Å². The molecule has 2 aliphatic rings. The minimum absolute atomic E-state index is 0.131. The topological polar surface area (TPSA) is 86.9 Å². The maximum absolute atomic E-state index is 12.7. The molecule has 0 spiro atoms. The number of carbonyl (C=O) groups excluding carboxylic acids is 1. The van der Waals surface area contributed by atoms with Gasteiger partial charge in [0.05, 0.1) is 13.2 Å². The zero-order chi connectivity index (χ0) is 16.5. The van der Waals surface area contributed by atoms with Crippen molar-refractivity contribution < 1.29 is 23.4 Å². The molecule has 1 saturated heterocycles. The fourth-order valence-corrected chi connectivity index (χ4v) is 2.79. The van der Waals surface area contributed by atoms with Crippen LogP contribution in [-0.2, 0) is 9.53 Å². The molecule has 4 rings (SSSR count). The Labute approximate surface area is 138 Å². The number of carbonyl (C=O) groups is 1. The van der Waals surface area contributed by atoms with Crippen LogP contribution >= 0.6 is 0 Å². The Morgan fingerprint density at radius 1 is 1.25 bits per heavy atom. The molecule has 1 amide bonds. The zero-order valence-corrected chi connectivity index (χ0v) is 13.2. The highest BCUT2D eigenvalue weighted by molar-refractivity contribution is 5.82. The van der Waals surface area contributed by atoms with Crippen molar-refractivity contribution in [2.24, 2.45) is 0 Å². The number of morpholine rings is 1. The van der Waals surface area contributed by atoms with Crippen molar-refractivity contribution in [2.45, 2.75) is 19.1 Å². The minimum Gasteiger partial charge on any atom is -0.485 e. The van der Waals surface area contributed by atoms with E-state index in [4.69, 9.17) is 18.6 Å². The van der Waals surface area contributed by atoms with E-state index >= 15 is 0 Å². The Kier molecular flexibility index (Phi) is 3.81. The van der Waals surface area contributed by atoms with Gasteiger partial charge in [0.1, 0.15) is 6.61 Å². The highest BCUT2D eigenvalue weighted by atomic mass is 16.6. The van der Waals surface area contributed by atoms with Crippen molar-refractivity contribution in [3.8, 4) is 11.5 Å². The van der Waals surface area contributed by atoms with Gasteiger partial charge in [0.25, 0.3) is 5.91 Å². The van der Waals surface area contributed by atoms with Gasteiger partial charge in [0, 0.05) is 13.5 Å². The predicted octanol–water partition coefficient (Wildman–Crippen LogP) is 1.12. The van der Waals surface area contributed by atoms with Crippen LogP contribution in [0.2, 0.25) is 0 Å². The lowest BCUT2D eigenvalue weighted by molar-refractivity contribution is -0.149. The monoisotopic (exact) mass is 331 g/mol. The van der Waals surface area contributed by atoms with Gasteiger partial charge < -0.3 is 23.5 Å². The Bertz CT molecular complexity index is 747. The van der Waals surface area contributed by atoms with Crippen LogP contribution in [0.1, 0.15) is 17.9 Å². The molecule has 0 unspecified atom stereocenters. The molecule has 1 aromatic carbocycles. The minimum atomic E-state index is -0.664. The van der Waals surface area contributed by atoms with Gasteiger partial charge in [-0.1, -0.05) is 12.1 Å². The van der Waals surface area contributed by atoms with E-state index in [9.17, 15) is 4.79 Å². The van der Waals surface area contributed by atoms with E-state index in [0.717, 1.165) is 0 Å². The molecule has 3 heterocycles. The first kappa shape index (κ1) is 14.9. The summed E-state index contributed by atoms with van der Waals surface area (Å²) in [6.07, 6.45) is -1.08. The van der Waals surface area contributed by atoms with Gasteiger partial charge in [-0.3, -0.25) is 4.79 Å². The fourth-order valence-electron chi connectivity index (χ4n) is 2.79. The molecule has 8 nitrogen and oxygen atoms in total. The lowest BCUT2D eigenvalue weighted by atomic mass is 10.2. The molecule has 2 atom stereocenters. The Hall–Kier alpha value is -2.61. The summed E-state index contributed by atoms with van der Waals surface area (Å²) in [6.45, 7) is 3.15. The highest BCUT2D eigenvalue weighted by Gasteiger charge is 2.35. The van der Waals surface area contributed by atoms with Crippen LogP contribution in [0.5, 0.6) is 11.5 Å². The smallest absolute Gasteiger partial charge is 0.267 e. The van der Waals surface area contributed by atoms with E-state index in [1.54, 1.807) is 17.9 Å². The third kappa shape index (κ3) is 2.80. The fraction of sp³-hybridized carbons (Fsp3) is 0.438. The van der Waals surface area contributed by atoms with Gasteiger partial charge in [0.2, 0.25) is 17.9 Å². The van der Waals surface area contributed by atoms with Crippen molar-refractivity contribution in [3.05, 3.63) is 36.0 Å². The van der Waals surface area contributed by atoms with Gasteiger partial charge in [0.15, 0.2) is 17.6 Å². The quantitative estimate of drug-likeness (QED) is 0.815. The van der Waals surface area contributed by atoms with E-state index in [1.807, 2.05) is 18.2 Å². The number of para-hydroxylation sites is 2. The Balaban J connectivity index is 1.45. The molecule has 8 heteroatoms. The van der Waals surface area contributed by atoms with Crippen LogP contribution < -0.4 is 9.47 Å². The zero-order valence-electron chi connectivity index (χ0n) is 13.2. The SMILES string of the molecule is Cc1nnc([C@H]2CN(C(=O)[C@@H]3COc4ccccc4O3)CCO2)o1. The summed E-state index contributed by atoms with van der Waals surface area (Å²) in [7, 11) is 0. The van der Waals surface area contributed by atoms with Crippen LogP contribution in [0, 0.1) is 6.92 Å². The number of hydrogen-bond acceptors (Lipinski definition) is 7. The van der Waals surface area contributed by atoms with Crippen LogP contribution in [0.4, 0.5) is 0 Å². The van der Waals surface area contributed by atoms with Gasteiger partial charge in [-0.2, -0.15) is 0 Å². The summed E-state index contributed by atoms with van der Waals surface area (Å²) >= 11 is 0.